The highest BCUT2D eigenvalue weighted by molar-refractivity contribution is 8.03. The second kappa shape index (κ2) is 48.1. The van der Waals surface area contributed by atoms with Crippen molar-refractivity contribution in [1.82, 2.24) is 79.7 Å². The SMILES string of the molecule is CCCCOc1c(Sc2ccccn2)c(Sc2ccccn2)c(OCCCC)c2c1-c1nc-2nc2[nH]c(nc3nc(nc4[nH]c(n1)c1c(OCCCC)c(Sc5ccccn5)c(Sc5ccccn5)c(OCCCC)c41)-c1c(OCCCC)c(Sc4ccccn4)c(Sc4ccccn4)c(OCCCC)c1-3)c1c(OCCCC)c(Sc3ccccn3)c(Sc3ccccn3)c(OCCCC)c21. The summed E-state index contributed by atoms with van der Waals surface area (Å²) in [5.74, 6) is 4.61. The molecule has 2 aliphatic heterocycles. The van der Waals surface area contributed by atoms with Crippen molar-refractivity contribution < 1.29 is 37.9 Å². The summed E-state index contributed by atoms with van der Waals surface area (Å²) in [5, 5.41) is 7.68. The van der Waals surface area contributed by atoms with Crippen molar-refractivity contribution in [3.05, 3.63) is 195 Å². The molecule has 0 spiro atoms. The Bertz CT molecular complexity index is 5970. The summed E-state index contributed by atoms with van der Waals surface area (Å²) in [7, 11) is 0. The maximum absolute atomic E-state index is 7.64. The van der Waals surface area contributed by atoms with Crippen molar-refractivity contribution >= 4 is 138 Å². The van der Waals surface area contributed by atoms with E-state index in [1.807, 2.05) is 146 Å². The average Bonchev–Trinajstić information content (AvgIpc) is 1.55. The van der Waals surface area contributed by atoms with E-state index in [1.165, 1.54) is 94.1 Å². The van der Waals surface area contributed by atoms with Gasteiger partial charge in [0, 0.05) is 49.6 Å². The van der Waals surface area contributed by atoms with Crippen LogP contribution in [0, 0.1) is 0 Å². The molecule has 8 bridgehead atoms. The summed E-state index contributed by atoms with van der Waals surface area (Å²) >= 11 is 11.8. The van der Waals surface area contributed by atoms with Crippen LogP contribution in [0.4, 0.5) is 0 Å². The van der Waals surface area contributed by atoms with Gasteiger partial charge in [0.25, 0.3) is 0 Å². The highest BCUT2D eigenvalue weighted by Gasteiger charge is 2.41. The van der Waals surface area contributed by atoms with Gasteiger partial charge in [0.15, 0.2) is 23.3 Å². The number of aromatic amines is 2. The number of H-pyrrole nitrogens is 2. The Balaban J connectivity index is 1.18. The molecular formula is C104H106N16O8S8. The molecular weight excluding hydrogens is 1860 g/mol. The topological polar surface area (TPSA) is 286 Å². The van der Waals surface area contributed by atoms with E-state index in [1.54, 1.807) is 49.6 Å². The summed E-state index contributed by atoms with van der Waals surface area (Å²) < 4.78 is 61.1. The standard InChI is InChI=1S/C104H106N16O8S8/c1-9-17-57-121-81-73-74(82(122-58-18-10-2)90(130-66-42-26-34-50-106-66)89(81)129-65-41-25-33-49-105-65)98-113-97(73)117-99-75-76(84(124-60-20-12-4)92(132-68-44-28-36-52-108-68)91(83(75)123-59-19-11-3)131-67-43-27-35-51-107-67)101(114-99)119-103-79-80(88(128-64-24-16-8)96(136-72-48-32-40-56-112-72)95(87(79)127-63-23-15-7)135-71-47-31-39-55-111-71)104(116-103)120-102-78-77(100(115-102)118-98)85(125-61-21-13-5)93(133-69-45-29-37-53-109-69)94(86(78)126-62-22-14-6)134-70-46-30-38-54-110-70/h25-56H,9-24,57-64H2,1-8H3,(H2,113,114,115,116,117,118,119,120). The maximum atomic E-state index is 7.64. The summed E-state index contributed by atoms with van der Waals surface area (Å²) in [6, 6.07) is 47.4. The van der Waals surface area contributed by atoms with E-state index in [0.717, 1.165) is 51.4 Å². The van der Waals surface area contributed by atoms with Crippen molar-refractivity contribution in [2.45, 2.75) is 237 Å². The molecule has 4 aromatic carbocycles. The third-order valence-electron chi connectivity index (χ3n) is 21.6. The Morgan fingerprint density at radius 2 is 0.353 bits per heavy atom. The Morgan fingerprint density at radius 1 is 0.199 bits per heavy atom. The first kappa shape index (κ1) is 96.3. The normalized spacial score (nSPS) is 11.6. The van der Waals surface area contributed by atoms with Gasteiger partial charge in [-0.1, -0.05) is 249 Å². The van der Waals surface area contributed by atoms with Gasteiger partial charge >= 0.3 is 0 Å². The fraction of sp³-hybridized carbons (Fsp3) is 0.308. The number of hydrogen-bond acceptors (Lipinski definition) is 30. The maximum Gasteiger partial charge on any atom is 0.168 e. The van der Waals surface area contributed by atoms with Crippen LogP contribution in [0.2, 0.25) is 0 Å². The van der Waals surface area contributed by atoms with Gasteiger partial charge in [0.05, 0.1) is 136 Å². The number of unbranched alkanes of at least 4 members (excludes halogenated alkanes) is 8. The van der Waals surface area contributed by atoms with Crippen LogP contribution in [-0.2, 0) is 0 Å². The molecule has 0 atom stereocenters. The molecule has 2 aliphatic rings. The number of nitrogens with zero attached hydrogens (tertiary/aromatic N) is 14. The first-order chi connectivity index (χ1) is 67.2. The molecule has 0 radical (unpaired) electrons. The Kier molecular flexibility index (Phi) is 34.1. The van der Waals surface area contributed by atoms with Crippen LogP contribution in [0.1, 0.15) is 158 Å². The minimum absolute atomic E-state index is 0.205. The van der Waals surface area contributed by atoms with Gasteiger partial charge < -0.3 is 47.9 Å². The molecule has 32 heteroatoms. The lowest BCUT2D eigenvalue weighted by Crippen LogP contribution is -2.06. The lowest BCUT2D eigenvalue weighted by atomic mass is 10.0. The number of rotatable bonds is 48. The fourth-order valence-corrected chi connectivity index (χ4v) is 23.1. The summed E-state index contributed by atoms with van der Waals surface area (Å²) in [6.45, 7) is 19.6. The lowest BCUT2D eigenvalue weighted by molar-refractivity contribution is 0.290. The van der Waals surface area contributed by atoms with Crippen LogP contribution in [0.3, 0.4) is 0 Å². The molecule has 0 unspecified atom stereocenters. The van der Waals surface area contributed by atoms with Crippen molar-refractivity contribution in [2.75, 3.05) is 52.9 Å². The Labute approximate surface area is 826 Å². The molecule has 24 nitrogen and oxygen atoms in total. The highest BCUT2D eigenvalue weighted by Crippen LogP contribution is 2.63. The molecule has 0 fully saturated rings. The molecule has 2 N–H and O–H groups in total. The number of fused-ring (bicyclic) bond motifs is 20. The van der Waals surface area contributed by atoms with E-state index in [4.69, 9.17) is 108 Å². The zero-order valence-electron chi connectivity index (χ0n) is 77.2. The zero-order chi connectivity index (χ0) is 93.3. The second-order valence-electron chi connectivity index (χ2n) is 31.7. The second-order valence-corrected chi connectivity index (χ2v) is 39.9. The predicted molar refractivity (Wildman–Crippen MR) is 546 cm³/mol. The van der Waals surface area contributed by atoms with Crippen LogP contribution in [-0.4, -0.2) is 133 Å². The molecule has 0 saturated carbocycles. The van der Waals surface area contributed by atoms with E-state index in [2.05, 4.69) is 65.4 Å². The smallest absolute Gasteiger partial charge is 0.168 e. The Morgan fingerprint density at radius 3 is 0.500 bits per heavy atom. The average molecular weight is 1960 g/mol. The number of benzene rings is 4. The number of pyridine rings is 8. The monoisotopic (exact) mass is 1960 g/mol. The van der Waals surface area contributed by atoms with E-state index < -0.39 is 0 Å². The molecule has 11 aromatic heterocycles. The molecule has 0 amide bonds. The molecule has 0 aliphatic carbocycles. The van der Waals surface area contributed by atoms with Gasteiger partial charge in [-0.15, -0.1) is 0 Å². The number of hydrogen-bond donors (Lipinski definition) is 2. The molecule has 698 valence electrons. The first-order valence-electron chi connectivity index (χ1n) is 46.7. The summed E-state index contributed by atoms with van der Waals surface area (Å²) in [4.78, 5) is 90.7. The number of ether oxygens (including phenoxy) is 8. The van der Waals surface area contributed by atoms with E-state index >= 15 is 0 Å². The van der Waals surface area contributed by atoms with Gasteiger partial charge in [-0.25, -0.2) is 69.8 Å². The predicted octanol–water partition coefficient (Wildman–Crippen LogP) is 28.7. The Hall–Kier alpha value is -11.4. The van der Waals surface area contributed by atoms with E-state index in [9.17, 15) is 0 Å². The molecule has 15 aromatic rings. The first-order valence-corrected chi connectivity index (χ1v) is 53.2. The minimum Gasteiger partial charge on any atom is -0.492 e. The minimum atomic E-state index is 0.205. The van der Waals surface area contributed by atoms with Gasteiger partial charge in [0.1, 0.15) is 109 Å². The van der Waals surface area contributed by atoms with Crippen LogP contribution >= 0.6 is 94.1 Å². The van der Waals surface area contributed by atoms with Gasteiger partial charge in [0.2, 0.25) is 0 Å². The van der Waals surface area contributed by atoms with Gasteiger partial charge in [-0.05, 0) is 148 Å². The number of aromatic nitrogens is 16. The van der Waals surface area contributed by atoms with Crippen molar-refractivity contribution in [1.29, 1.82) is 0 Å². The van der Waals surface area contributed by atoms with Crippen molar-refractivity contribution in [2.24, 2.45) is 0 Å². The molecule has 13 heterocycles. The third kappa shape index (κ3) is 22.4. The van der Waals surface area contributed by atoms with Gasteiger partial charge in [-0.2, -0.15) is 0 Å². The molecule has 0 saturated heterocycles. The number of nitrogens with one attached hydrogen (secondary N) is 2. The van der Waals surface area contributed by atoms with E-state index in [-0.39, 0.29) is 23.3 Å². The summed E-state index contributed by atoms with van der Waals surface area (Å²) in [6.07, 6.45) is 26.5. The van der Waals surface area contributed by atoms with Crippen LogP contribution in [0.15, 0.2) is 275 Å². The van der Waals surface area contributed by atoms with Crippen molar-refractivity contribution in [3.8, 4) is 91.5 Å². The third-order valence-corrected chi connectivity index (χ3v) is 30.5. The van der Waals surface area contributed by atoms with Crippen LogP contribution in [0.5, 0.6) is 46.0 Å². The van der Waals surface area contributed by atoms with Crippen LogP contribution < -0.4 is 37.9 Å². The van der Waals surface area contributed by atoms with Gasteiger partial charge in [-0.3, -0.25) is 0 Å². The van der Waals surface area contributed by atoms with Crippen molar-refractivity contribution in [3.63, 3.8) is 0 Å². The zero-order valence-corrected chi connectivity index (χ0v) is 83.8. The highest BCUT2D eigenvalue weighted by atomic mass is 32.2. The molecule has 136 heavy (non-hydrogen) atoms. The summed E-state index contributed by atoms with van der Waals surface area (Å²) in [5.41, 5.74) is 3.14. The lowest BCUT2D eigenvalue weighted by Gasteiger charge is -2.23. The largest absolute Gasteiger partial charge is 0.492 e. The van der Waals surface area contributed by atoms with Crippen LogP contribution in [0.25, 0.3) is 89.7 Å². The van der Waals surface area contributed by atoms with E-state index in [0.29, 0.717) is 296 Å². The quantitative estimate of drug-likeness (QED) is 0.0335. The molecule has 17 rings (SSSR count). The fourth-order valence-electron chi connectivity index (χ4n) is 14.9.